The zero-order valence-corrected chi connectivity index (χ0v) is 12.0. The molecule has 0 aliphatic heterocycles. The SMILES string of the molecule is CCCCC(O)C(OC(N)=O)c1ccc(C)cc1Cl. The lowest BCUT2D eigenvalue weighted by molar-refractivity contribution is -0.0000440. The number of aliphatic hydroxyl groups is 1. The highest BCUT2D eigenvalue weighted by Gasteiger charge is 2.26. The number of aliphatic hydroxyl groups excluding tert-OH is 1. The summed E-state index contributed by atoms with van der Waals surface area (Å²) in [6.45, 7) is 3.93. The van der Waals surface area contributed by atoms with Crippen molar-refractivity contribution in [2.75, 3.05) is 0 Å². The van der Waals surface area contributed by atoms with Gasteiger partial charge in [0.05, 0.1) is 6.10 Å². The van der Waals surface area contributed by atoms with Crippen molar-refractivity contribution in [1.82, 2.24) is 0 Å². The predicted molar refractivity (Wildman–Crippen MR) is 75.1 cm³/mol. The van der Waals surface area contributed by atoms with Crippen LogP contribution in [0.4, 0.5) is 4.79 Å². The van der Waals surface area contributed by atoms with Gasteiger partial charge in [0.1, 0.15) is 0 Å². The molecule has 0 fully saturated rings. The van der Waals surface area contributed by atoms with Gasteiger partial charge < -0.3 is 15.6 Å². The largest absolute Gasteiger partial charge is 0.439 e. The van der Waals surface area contributed by atoms with Gasteiger partial charge in [-0.05, 0) is 25.0 Å². The Hall–Kier alpha value is -1.26. The van der Waals surface area contributed by atoms with Crippen molar-refractivity contribution in [3.05, 3.63) is 34.3 Å². The van der Waals surface area contributed by atoms with Gasteiger partial charge in [0.2, 0.25) is 0 Å². The van der Waals surface area contributed by atoms with Crippen molar-refractivity contribution < 1.29 is 14.6 Å². The van der Waals surface area contributed by atoms with Crippen molar-refractivity contribution in [2.45, 2.75) is 45.3 Å². The third-order valence-corrected chi connectivity index (χ3v) is 3.24. The molecule has 1 aromatic carbocycles. The zero-order chi connectivity index (χ0) is 14.4. The van der Waals surface area contributed by atoms with E-state index >= 15 is 0 Å². The number of primary amides is 1. The monoisotopic (exact) mass is 285 g/mol. The Kier molecular flexibility index (Phi) is 6.12. The molecular formula is C14H20ClNO3. The molecule has 0 spiro atoms. The van der Waals surface area contributed by atoms with Crippen LogP contribution < -0.4 is 5.73 Å². The minimum atomic E-state index is -0.919. The molecule has 0 aliphatic rings. The van der Waals surface area contributed by atoms with Crippen LogP contribution in [0, 0.1) is 6.92 Å². The lowest BCUT2D eigenvalue weighted by Gasteiger charge is -2.23. The molecule has 0 saturated heterocycles. The van der Waals surface area contributed by atoms with E-state index in [9.17, 15) is 9.90 Å². The van der Waals surface area contributed by atoms with Crippen LogP contribution in [0.1, 0.15) is 43.4 Å². The molecule has 0 radical (unpaired) electrons. The summed E-state index contributed by atoms with van der Waals surface area (Å²) in [5.41, 5.74) is 6.64. The molecule has 2 unspecified atom stereocenters. The van der Waals surface area contributed by atoms with Crippen LogP contribution in [0.2, 0.25) is 5.02 Å². The molecule has 1 aromatic rings. The normalized spacial score (nSPS) is 13.9. The second-order valence-corrected chi connectivity index (χ2v) is 5.00. The van der Waals surface area contributed by atoms with Crippen LogP contribution in [0.25, 0.3) is 0 Å². The number of benzene rings is 1. The third kappa shape index (κ3) is 4.73. The number of hydrogen-bond donors (Lipinski definition) is 2. The third-order valence-electron chi connectivity index (χ3n) is 2.91. The van der Waals surface area contributed by atoms with E-state index in [0.29, 0.717) is 17.0 Å². The summed E-state index contributed by atoms with van der Waals surface area (Å²) in [5.74, 6) is 0. The van der Waals surface area contributed by atoms with E-state index in [0.717, 1.165) is 18.4 Å². The fourth-order valence-corrected chi connectivity index (χ4v) is 2.24. The Balaban J connectivity index is 2.98. The number of amides is 1. The predicted octanol–water partition coefficient (Wildman–Crippen LogP) is 3.34. The van der Waals surface area contributed by atoms with E-state index in [1.807, 2.05) is 19.9 Å². The van der Waals surface area contributed by atoms with Gasteiger partial charge in [0, 0.05) is 10.6 Å². The maximum atomic E-state index is 11.0. The topological polar surface area (TPSA) is 72.6 Å². The summed E-state index contributed by atoms with van der Waals surface area (Å²) in [7, 11) is 0. The lowest BCUT2D eigenvalue weighted by atomic mass is 9.99. The molecule has 4 nitrogen and oxygen atoms in total. The van der Waals surface area contributed by atoms with Gasteiger partial charge in [-0.15, -0.1) is 0 Å². The van der Waals surface area contributed by atoms with Crippen molar-refractivity contribution in [1.29, 1.82) is 0 Å². The molecule has 5 heteroatoms. The first-order chi connectivity index (χ1) is 8.95. The highest BCUT2D eigenvalue weighted by atomic mass is 35.5. The molecule has 0 aromatic heterocycles. The number of aryl methyl sites for hydroxylation is 1. The number of carbonyl (C=O) groups is 1. The number of rotatable bonds is 6. The van der Waals surface area contributed by atoms with Gasteiger partial charge in [0.25, 0.3) is 0 Å². The van der Waals surface area contributed by atoms with Gasteiger partial charge in [-0.3, -0.25) is 0 Å². The second kappa shape index (κ2) is 7.36. The smallest absolute Gasteiger partial charge is 0.405 e. The summed E-state index contributed by atoms with van der Waals surface area (Å²) < 4.78 is 5.02. The number of carbonyl (C=O) groups excluding carboxylic acids is 1. The minimum Gasteiger partial charge on any atom is -0.439 e. The molecule has 2 atom stereocenters. The van der Waals surface area contributed by atoms with E-state index in [-0.39, 0.29) is 0 Å². The van der Waals surface area contributed by atoms with Crippen LogP contribution in [-0.4, -0.2) is 17.3 Å². The first-order valence-corrected chi connectivity index (χ1v) is 6.73. The number of unbranched alkanes of at least 4 members (excludes halogenated alkanes) is 1. The quantitative estimate of drug-likeness (QED) is 0.842. The Labute approximate surface area is 118 Å². The van der Waals surface area contributed by atoms with Crippen molar-refractivity contribution in [3.63, 3.8) is 0 Å². The van der Waals surface area contributed by atoms with E-state index in [2.05, 4.69) is 0 Å². The minimum absolute atomic E-state index is 0.460. The Bertz CT molecular complexity index is 437. The van der Waals surface area contributed by atoms with Gasteiger partial charge in [-0.25, -0.2) is 4.79 Å². The molecule has 0 aliphatic carbocycles. The molecule has 1 rings (SSSR count). The fraction of sp³-hybridized carbons (Fsp3) is 0.500. The van der Waals surface area contributed by atoms with Crippen LogP contribution >= 0.6 is 11.6 Å². The summed E-state index contributed by atoms with van der Waals surface area (Å²) in [4.78, 5) is 11.0. The van der Waals surface area contributed by atoms with E-state index in [1.54, 1.807) is 12.1 Å². The van der Waals surface area contributed by atoms with Crippen LogP contribution in [0.5, 0.6) is 0 Å². The van der Waals surface area contributed by atoms with E-state index in [4.69, 9.17) is 22.1 Å². The molecule has 106 valence electrons. The maximum absolute atomic E-state index is 11.0. The standard InChI is InChI=1S/C14H20ClNO3/c1-3-4-5-12(17)13(19-14(16)18)10-7-6-9(2)8-11(10)15/h6-8,12-13,17H,3-5H2,1-2H3,(H2,16,18). The van der Waals surface area contributed by atoms with Crippen LogP contribution in [-0.2, 0) is 4.74 Å². The average Bonchev–Trinajstić information content (AvgIpc) is 2.33. The second-order valence-electron chi connectivity index (χ2n) is 4.59. The van der Waals surface area contributed by atoms with E-state index < -0.39 is 18.3 Å². The summed E-state index contributed by atoms with van der Waals surface area (Å²) >= 11 is 6.14. The van der Waals surface area contributed by atoms with Gasteiger partial charge in [-0.1, -0.05) is 43.5 Å². The lowest BCUT2D eigenvalue weighted by Crippen LogP contribution is -2.27. The van der Waals surface area contributed by atoms with Gasteiger partial charge in [0.15, 0.2) is 6.10 Å². The average molecular weight is 286 g/mol. The highest BCUT2D eigenvalue weighted by Crippen LogP contribution is 2.31. The zero-order valence-electron chi connectivity index (χ0n) is 11.2. The van der Waals surface area contributed by atoms with Crippen molar-refractivity contribution >= 4 is 17.7 Å². The molecule has 1 amide bonds. The molecule has 0 saturated carbocycles. The van der Waals surface area contributed by atoms with E-state index in [1.165, 1.54) is 0 Å². The number of hydrogen-bond acceptors (Lipinski definition) is 3. The van der Waals surface area contributed by atoms with Gasteiger partial charge in [-0.2, -0.15) is 0 Å². The number of halogens is 1. The summed E-state index contributed by atoms with van der Waals surface area (Å²) in [5, 5.41) is 10.6. The molecule has 0 bridgehead atoms. The fourth-order valence-electron chi connectivity index (χ4n) is 1.90. The molecule has 3 N–H and O–H groups in total. The van der Waals surface area contributed by atoms with Gasteiger partial charge >= 0.3 is 6.09 Å². The first kappa shape index (κ1) is 15.8. The molecular weight excluding hydrogens is 266 g/mol. The Morgan fingerprint density at radius 1 is 1.53 bits per heavy atom. The number of nitrogens with two attached hydrogens (primary N) is 1. The van der Waals surface area contributed by atoms with Crippen LogP contribution in [0.15, 0.2) is 18.2 Å². The highest BCUT2D eigenvalue weighted by molar-refractivity contribution is 6.31. The van der Waals surface area contributed by atoms with Crippen molar-refractivity contribution in [2.24, 2.45) is 5.73 Å². The summed E-state index contributed by atoms with van der Waals surface area (Å²) in [6, 6.07) is 5.37. The number of ether oxygens (including phenoxy) is 1. The Morgan fingerprint density at radius 2 is 2.21 bits per heavy atom. The first-order valence-electron chi connectivity index (χ1n) is 6.36. The molecule has 0 heterocycles. The molecule has 19 heavy (non-hydrogen) atoms. The summed E-state index contributed by atoms with van der Waals surface area (Å²) in [6.07, 6.45) is -0.244. The Morgan fingerprint density at radius 3 is 2.74 bits per heavy atom. The maximum Gasteiger partial charge on any atom is 0.405 e. The van der Waals surface area contributed by atoms with Crippen molar-refractivity contribution in [3.8, 4) is 0 Å². The van der Waals surface area contributed by atoms with Crippen LogP contribution in [0.3, 0.4) is 0 Å².